The topological polar surface area (TPSA) is 281 Å². The molecule has 6 atom stereocenters. The highest BCUT2D eigenvalue weighted by Crippen LogP contribution is 2.19. The first kappa shape index (κ1) is 47.6. The zero-order valence-electron chi connectivity index (χ0n) is 33.3. The van der Waals surface area contributed by atoms with Crippen molar-refractivity contribution in [3.05, 3.63) is 42.0 Å². The minimum absolute atomic E-state index is 0.00380. The van der Waals surface area contributed by atoms with Gasteiger partial charge in [0.2, 0.25) is 29.5 Å². The van der Waals surface area contributed by atoms with Crippen LogP contribution < -0.4 is 43.8 Å². The van der Waals surface area contributed by atoms with E-state index in [0.717, 1.165) is 0 Å². The smallest absolute Gasteiger partial charge is 0.326 e. The first-order valence-electron chi connectivity index (χ1n) is 20.0. The fourth-order valence-corrected chi connectivity index (χ4v) is 6.42. The second-order valence-electron chi connectivity index (χ2n) is 15.3. The van der Waals surface area contributed by atoms with Crippen LogP contribution in [0.5, 0.6) is 5.75 Å². The number of aromatic hydroxyl groups is 1. The molecule has 0 saturated heterocycles. The average molecular weight is 787 g/mol. The molecule has 2 rings (SSSR count). The standard InChI is InChI=1S/C40H66N8O8/c1-26(2)24-33(38(54)55)46-36(52)32(25-27-17-19-28(49)20-18-27)47-39(56)40(3)21-11-7-5-4-6-8-14-29(43)34(50)44-30(15-9-12-22-41)35(51)45-31(37(53)48-40)16-10-13-23-42/h4-5,17-20,26,29-33,49H,6-16,21-25,41-43H2,1-3H3,(H,44,50)(H,45,51)(H,46,52)(H,47,56)(H,48,53)(H,54,55)/b5-4+/t29-,30-,31-,32-,33-,40+/m0/s1. The number of nitrogens with two attached hydrogens (primary N) is 3. The van der Waals surface area contributed by atoms with Crippen molar-refractivity contribution in [2.45, 2.75) is 146 Å². The summed E-state index contributed by atoms with van der Waals surface area (Å²) < 4.78 is 0. The average Bonchev–Trinajstić information content (AvgIpc) is 3.14. The van der Waals surface area contributed by atoms with Crippen molar-refractivity contribution in [1.29, 1.82) is 0 Å². The molecule has 314 valence electrons. The summed E-state index contributed by atoms with van der Waals surface area (Å²) in [6.07, 6.45) is 9.57. The van der Waals surface area contributed by atoms with Crippen LogP contribution in [0.15, 0.2) is 36.4 Å². The molecule has 0 unspecified atom stereocenters. The molecule has 1 aromatic rings. The van der Waals surface area contributed by atoms with Gasteiger partial charge in [-0.1, -0.05) is 38.1 Å². The van der Waals surface area contributed by atoms with Gasteiger partial charge in [-0.3, -0.25) is 24.0 Å². The normalized spacial score (nSPS) is 23.3. The quantitative estimate of drug-likeness (QED) is 0.0795. The minimum atomic E-state index is -1.59. The maximum atomic E-state index is 14.4. The molecular weight excluding hydrogens is 720 g/mol. The van der Waals surface area contributed by atoms with E-state index in [9.17, 15) is 39.0 Å². The molecule has 0 aliphatic carbocycles. The molecule has 56 heavy (non-hydrogen) atoms. The molecular formula is C40H66N8O8. The van der Waals surface area contributed by atoms with Gasteiger partial charge in [0.25, 0.3) is 0 Å². The van der Waals surface area contributed by atoms with Crippen LogP contribution in [-0.2, 0) is 35.2 Å². The van der Waals surface area contributed by atoms with Crippen molar-refractivity contribution in [2.75, 3.05) is 13.1 Å². The van der Waals surface area contributed by atoms with E-state index < -0.39 is 71.3 Å². The van der Waals surface area contributed by atoms with Crippen molar-refractivity contribution < 1.29 is 39.0 Å². The molecule has 0 saturated carbocycles. The van der Waals surface area contributed by atoms with Crippen LogP contribution >= 0.6 is 0 Å². The highest BCUT2D eigenvalue weighted by molar-refractivity contribution is 5.98. The Hall–Kier alpha value is -4.54. The van der Waals surface area contributed by atoms with Gasteiger partial charge in [0.15, 0.2) is 0 Å². The van der Waals surface area contributed by atoms with Crippen molar-refractivity contribution in [2.24, 2.45) is 23.1 Å². The third kappa shape index (κ3) is 17.1. The number of carboxylic acids is 1. The number of phenolic OH excluding ortho intramolecular Hbond substituents is 1. The Bertz CT molecular complexity index is 1460. The SMILES string of the molecule is CC(C)C[C@H](NC(=O)[C@H](Cc1ccc(O)cc1)NC(=O)[C@@]1(C)CCC/C=C/CCC[C@H](N)C(=O)N[C@@H](CCCCN)C(=O)N[C@@H](CCCCN)C(=O)N1)C(=O)O. The lowest BCUT2D eigenvalue weighted by Gasteiger charge is -2.34. The maximum absolute atomic E-state index is 14.4. The first-order valence-corrected chi connectivity index (χ1v) is 20.0. The summed E-state index contributed by atoms with van der Waals surface area (Å²) in [6, 6.07) is 0.676. The fraction of sp³-hybridized carbons (Fsp3) is 0.650. The van der Waals surface area contributed by atoms with E-state index in [1.54, 1.807) is 19.1 Å². The van der Waals surface area contributed by atoms with Gasteiger partial charge in [-0.25, -0.2) is 4.79 Å². The monoisotopic (exact) mass is 787 g/mol. The summed E-state index contributed by atoms with van der Waals surface area (Å²) in [6.45, 7) is 5.96. The summed E-state index contributed by atoms with van der Waals surface area (Å²) in [5.74, 6) is -4.37. The van der Waals surface area contributed by atoms with Crippen LogP contribution in [0.25, 0.3) is 0 Å². The largest absolute Gasteiger partial charge is 0.508 e. The third-order valence-corrected chi connectivity index (χ3v) is 9.82. The lowest BCUT2D eigenvalue weighted by molar-refractivity contribution is -0.143. The molecule has 1 aliphatic heterocycles. The second-order valence-corrected chi connectivity index (χ2v) is 15.3. The molecule has 1 aliphatic rings. The Morgan fingerprint density at radius 1 is 0.839 bits per heavy atom. The lowest BCUT2D eigenvalue weighted by atomic mass is 9.91. The van der Waals surface area contributed by atoms with E-state index in [-0.39, 0.29) is 43.8 Å². The fourth-order valence-electron chi connectivity index (χ4n) is 6.42. The number of aliphatic carboxylic acids is 1. The predicted octanol–water partition coefficient (Wildman–Crippen LogP) is 1.38. The number of carbonyl (C=O) groups excluding carboxylic acids is 5. The van der Waals surface area contributed by atoms with Gasteiger partial charge >= 0.3 is 5.97 Å². The Labute approximate surface area is 330 Å². The van der Waals surface area contributed by atoms with Gasteiger partial charge < -0.3 is 54.0 Å². The van der Waals surface area contributed by atoms with E-state index in [1.165, 1.54) is 12.1 Å². The van der Waals surface area contributed by atoms with Gasteiger partial charge in [0.05, 0.1) is 6.04 Å². The number of unbranched alkanes of at least 4 members (excludes halogenated alkanes) is 2. The zero-order chi connectivity index (χ0) is 41.7. The molecule has 5 amide bonds. The van der Waals surface area contributed by atoms with Crippen LogP contribution in [0.3, 0.4) is 0 Å². The summed E-state index contributed by atoms with van der Waals surface area (Å²) in [5.41, 5.74) is 16.6. The highest BCUT2D eigenvalue weighted by Gasteiger charge is 2.39. The number of allylic oxidation sites excluding steroid dienone is 2. The van der Waals surface area contributed by atoms with E-state index in [4.69, 9.17) is 17.2 Å². The number of rotatable bonds is 17. The van der Waals surface area contributed by atoms with Crippen LogP contribution in [0.1, 0.15) is 110 Å². The number of hydrogen-bond acceptors (Lipinski definition) is 10. The van der Waals surface area contributed by atoms with E-state index in [2.05, 4.69) is 26.6 Å². The number of nitrogens with one attached hydrogen (secondary N) is 5. The van der Waals surface area contributed by atoms with Crippen LogP contribution in [0.4, 0.5) is 0 Å². The van der Waals surface area contributed by atoms with Crippen molar-refractivity contribution in [1.82, 2.24) is 26.6 Å². The predicted molar refractivity (Wildman–Crippen MR) is 214 cm³/mol. The van der Waals surface area contributed by atoms with Crippen LogP contribution in [-0.4, -0.2) is 94.6 Å². The van der Waals surface area contributed by atoms with E-state index in [1.807, 2.05) is 26.0 Å². The molecule has 0 radical (unpaired) electrons. The molecule has 1 aromatic carbocycles. The summed E-state index contributed by atoms with van der Waals surface area (Å²) in [7, 11) is 0. The molecule has 0 bridgehead atoms. The zero-order valence-corrected chi connectivity index (χ0v) is 33.3. The van der Waals surface area contributed by atoms with Gasteiger partial charge in [0, 0.05) is 6.42 Å². The van der Waals surface area contributed by atoms with Crippen molar-refractivity contribution >= 4 is 35.5 Å². The highest BCUT2D eigenvalue weighted by atomic mass is 16.4. The lowest BCUT2D eigenvalue weighted by Crippen LogP contribution is -2.64. The Morgan fingerprint density at radius 2 is 1.41 bits per heavy atom. The Morgan fingerprint density at radius 3 is 1.98 bits per heavy atom. The van der Waals surface area contributed by atoms with E-state index >= 15 is 0 Å². The first-order chi connectivity index (χ1) is 26.6. The van der Waals surface area contributed by atoms with Crippen LogP contribution in [0.2, 0.25) is 0 Å². The molecule has 16 heteroatoms. The number of carbonyl (C=O) groups is 6. The van der Waals surface area contributed by atoms with Crippen molar-refractivity contribution in [3.8, 4) is 5.75 Å². The van der Waals surface area contributed by atoms with Gasteiger partial charge in [-0.2, -0.15) is 0 Å². The maximum Gasteiger partial charge on any atom is 0.326 e. The third-order valence-electron chi connectivity index (χ3n) is 9.82. The van der Waals surface area contributed by atoms with Gasteiger partial charge in [0.1, 0.15) is 35.5 Å². The molecule has 0 spiro atoms. The number of phenols is 1. The summed E-state index contributed by atoms with van der Waals surface area (Å²) >= 11 is 0. The Balaban J connectivity index is 2.52. The molecule has 16 nitrogen and oxygen atoms in total. The molecule has 13 N–H and O–H groups in total. The summed E-state index contributed by atoms with van der Waals surface area (Å²) in [5, 5.41) is 33.5. The number of benzene rings is 1. The minimum Gasteiger partial charge on any atom is -0.508 e. The van der Waals surface area contributed by atoms with Gasteiger partial charge in [-0.15, -0.1) is 0 Å². The van der Waals surface area contributed by atoms with Gasteiger partial charge in [-0.05, 0) is 127 Å². The number of carboxylic acid groups (broad SMARTS) is 1. The number of amides is 5. The van der Waals surface area contributed by atoms with Crippen LogP contribution in [0, 0.1) is 5.92 Å². The molecule has 0 aromatic heterocycles. The molecule has 1 heterocycles. The molecule has 0 fully saturated rings. The van der Waals surface area contributed by atoms with Crippen molar-refractivity contribution in [3.63, 3.8) is 0 Å². The summed E-state index contributed by atoms with van der Waals surface area (Å²) in [4.78, 5) is 81.2. The Kier molecular flexibility index (Phi) is 21.1. The second kappa shape index (κ2) is 24.9. The van der Waals surface area contributed by atoms with E-state index in [0.29, 0.717) is 76.4 Å². The number of hydrogen-bond donors (Lipinski definition) is 10.